The second-order valence-corrected chi connectivity index (χ2v) is 8.08. The number of H-pyrrole nitrogens is 2. The first kappa shape index (κ1) is 19.2. The number of anilines is 1. The molecule has 4 N–H and O–H groups in total. The van der Waals surface area contributed by atoms with Crippen LogP contribution in [0.25, 0.3) is 33.3 Å². The van der Waals surface area contributed by atoms with Gasteiger partial charge in [-0.05, 0) is 40.5 Å². The van der Waals surface area contributed by atoms with Crippen LogP contribution in [0.5, 0.6) is 0 Å². The normalized spacial score (nSPS) is 12.4. The molecule has 33 heavy (non-hydrogen) atoms. The highest BCUT2D eigenvalue weighted by Gasteiger charge is 2.22. The first-order chi connectivity index (χ1) is 16.2. The van der Waals surface area contributed by atoms with Gasteiger partial charge in [0.05, 0.1) is 11.0 Å². The van der Waals surface area contributed by atoms with Crippen LogP contribution in [-0.2, 0) is 6.42 Å². The van der Waals surface area contributed by atoms with Crippen molar-refractivity contribution in [2.75, 3.05) is 5.73 Å². The molecule has 0 bridgehead atoms. The topological polar surface area (TPSA) is 109 Å². The lowest BCUT2D eigenvalue weighted by Gasteiger charge is -2.17. The Labute approximate surface area is 189 Å². The van der Waals surface area contributed by atoms with Gasteiger partial charge in [-0.15, -0.1) is 5.10 Å². The molecule has 3 aromatic carbocycles. The van der Waals surface area contributed by atoms with Crippen LogP contribution in [-0.4, -0.2) is 30.4 Å². The molecule has 1 atom stereocenters. The highest BCUT2D eigenvalue weighted by atomic mass is 15.3. The van der Waals surface area contributed by atoms with E-state index >= 15 is 0 Å². The van der Waals surface area contributed by atoms with Gasteiger partial charge in [0.25, 0.3) is 0 Å². The van der Waals surface area contributed by atoms with E-state index in [0.717, 1.165) is 39.1 Å². The monoisotopic (exact) mass is 431 g/mol. The van der Waals surface area contributed by atoms with Crippen LogP contribution in [0.3, 0.4) is 0 Å². The summed E-state index contributed by atoms with van der Waals surface area (Å²) in [4.78, 5) is 12.7. The van der Waals surface area contributed by atoms with Gasteiger partial charge in [-0.2, -0.15) is 10.3 Å². The molecular weight excluding hydrogens is 410 g/mol. The second-order valence-electron chi connectivity index (χ2n) is 8.08. The maximum atomic E-state index is 6.11. The number of aromatic nitrogens is 6. The third-order valence-corrected chi connectivity index (χ3v) is 5.95. The molecule has 160 valence electrons. The molecule has 0 saturated heterocycles. The summed E-state index contributed by atoms with van der Waals surface area (Å²) in [6.45, 7) is 0. The van der Waals surface area contributed by atoms with E-state index in [9.17, 15) is 0 Å². The van der Waals surface area contributed by atoms with Gasteiger partial charge in [-0.1, -0.05) is 66.7 Å². The van der Waals surface area contributed by atoms with E-state index in [1.54, 1.807) is 0 Å². The number of rotatable bonds is 5. The number of pyridine rings is 1. The average molecular weight is 432 g/mol. The zero-order valence-corrected chi connectivity index (χ0v) is 17.7. The summed E-state index contributed by atoms with van der Waals surface area (Å²) in [6, 6.07) is 28.9. The van der Waals surface area contributed by atoms with Crippen molar-refractivity contribution in [1.29, 1.82) is 0 Å². The molecule has 0 aliphatic rings. The highest BCUT2D eigenvalue weighted by molar-refractivity contribution is 5.82. The molecular formula is C26H21N7. The lowest BCUT2D eigenvalue weighted by molar-refractivity contribution is 0.771. The molecule has 7 heteroatoms. The molecule has 0 saturated carbocycles. The number of benzene rings is 3. The van der Waals surface area contributed by atoms with E-state index in [2.05, 4.69) is 67.8 Å². The number of hydrogen-bond acceptors (Lipinski definition) is 5. The third kappa shape index (κ3) is 3.59. The Kier molecular flexibility index (Phi) is 4.58. The number of nitrogen functional groups attached to an aromatic ring is 1. The van der Waals surface area contributed by atoms with Gasteiger partial charge in [0.2, 0.25) is 5.65 Å². The van der Waals surface area contributed by atoms with Gasteiger partial charge < -0.3 is 10.7 Å². The molecule has 6 aromatic rings. The highest BCUT2D eigenvalue weighted by Crippen LogP contribution is 2.33. The zero-order valence-electron chi connectivity index (χ0n) is 17.7. The van der Waals surface area contributed by atoms with Crippen LogP contribution in [0, 0.1) is 0 Å². The summed E-state index contributed by atoms with van der Waals surface area (Å²) >= 11 is 0. The summed E-state index contributed by atoms with van der Waals surface area (Å²) in [5, 5.41) is 11.2. The number of imidazole rings is 1. The number of nitrogens with zero attached hydrogens (tertiary/aromatic N) is 4. The Morgan fingerprint density at radius 3 is 2.39 bits per heavy atom. The lowest BCUT2D eigenvalue weighted by Crippen LogP contribution is -2.08. The quantitative estimate of drug-likeness (QED) is 0.361. The predicted octanol–water partition coefficient (Wildman–Crippen LogP) is 4.85. The molecule has 3 heterocycles. The van der Waals surface area contributed by atoms with Crippen molar-refractivity contribution in [3.63, 3.8) is 0 Å². The molecule has 0 radical (unpaired) electrons. The molecule has 7 nitrogen and oxygen atoms in total. The summed E-state index contributed by atoms with van der Waals surface area (Å²) in [6.07, 6.45) is 0.658. The van der Waals surface area contributed by atoms with Crippen molar-refractivity contribution in [2.24, 2.45) is 0 Å². The predicted molar refractivity (Wildman–Crippen MR) is 130 cm³/mol. The van der Waals surface area contributed by atoms with Crippen LogP contribution in [0.1, 0.15) is 22.9 Å². The van der Waals surface area contributed by atoms with E-state index in [4.69, 9.17) is 10.7 Å². The standard InChI is InChI=1S/C26H21N7/c27-23-14-20(25-26(30-23)32-33-31-25)19(17-9-5-2-6-10-17)15-24-28-21-12-11-18(13-22(21)29-24)16-7-3-1-4-8-16/h1-14,19H,15H2,(H,28,29)(H3,27,30,31,32,33)/t19-/m1/s1. The van der Waals surface area contributed by atoms with E-state index < -0.39 is 0 Å². The van der Waals surface area contributed by atoms with Crippen molar-refractivity contribution in [3.8, 4) is 11.1 Å². The first-order valence-corrected chi connectivity index (χ1v) is 10.8. The fourth-order valence-corrected chi connectivity index (χ4v) is 4.40. The summed E-state index contributed by atoms with van der Waals surface area (Å²) in [7, 11) is 0. The van der Waals surface area contributed by atoms with Gasteiger partial charge in [-0.3, -0.25) is 0 Å². The molecule has 0 aliphatic heterocycles. The Morgan fingerprint density at radius 2 is 1.58 bits per heavy atom. The number of nitrogens with two attached hydrogens (primary N) is 1. The summed E-state index contributed by atoms with van der Waals surface area (Å²) < 4.78 is 0. The molecule has 6 rings (SSSR count). The van der Waals surface area contributed by atoms with Gasteiger partial charge in [0.15, 0.2) is 0 Å². The lowest BCUT2D eigenvalue weighted by atomic mass is 9.88. The average Bonchev–Trinajstić information content (AvgIpc) is 3.49. The van der Waals surface area contributed by atoms with Gasteiger partial charge in [-0.25, -0.2) is 9.97 Å². The molecule has 3 aromatic heterocycles. The maximum Gasteiger partial charge on any atom is 0.203 e. The molecule has 0 spiro atoms. The minimum absolute atomic E-state index is 0.0155. The SMILES string of the molecule is Nc1cc([C@H](Cc2nc3ccc(-c4ccccc4)cc3[nH]2)c2ccccc2)c2n[nH]nc2n1. The molecule has 0 amide bonds. The number of fused-ring (bicyclic) bond motifs is 2. The zero-order chi connectivity index (χ0) is 22.2. The Morgan fingerprint density at radius 1 is 0.788 bits per heavy atom. The molecule has 0 aliphatic carbocycles. The van der Waals surface area contributed by atoms with Gasteiger partial charge in [0.1, 0.15) is 17.2 Å². The Bertz CT molecular complexity index is 1550. The largest absolute Gasteiger partial charge is 0.384 e. The fraction of sp³-hybridized carbons (Fsp3) is 0.0769. The minimum atomic E-state index is -0.0155. The molecule has 0 unspecified atom stereocenters. The summed E-state index contributed by atoms with van der Waals surface area (Å²) in [5.74, 6) is 1.30. The van der Waals surface area contributed by atoms with Crippen LogP contribution >= 0.6 is 0 Å². The van der Waals surface area contributed by atoms with Crippen LogP contribution in [0.2, 0.25) is 0 Å². The van der Waals surface area contributed by atoms with Crippen molar-refractivity contribution < 1.29 is 0 Å². The van der Waals surface area contributed by atoms with E-state index in [1.165, 1.54) is 5.56 Å². The summed E-state index contributed by atoms with van der Waals surface area (Å²) in [5.41, 5.74) is 13.8. The Balaban J connectivity index is 1.43. The third-order valence-electron chi connectivity index (χ3n) is 5.95. The van der Waals surface area contributed by atoms with E-state index in [-0.39, 0.29) is 5.92 Å². The Hall–Kier alpha value is -4.52. The van der Waals surface area contributed by atoms with E-state index in [1.807, 2.05) is 42.5 Å². The van der Waals surface area contributed by atoms with Crippen LogP contribution in [0.4, 0.5) is 5.82 Å². The number of hydrogen-bond donors (Lipinski definition) is 3. The van der Waals surface area contributed by atoms with Crippen LogP contribution < -0.4 is 5.73 Å². The molecule has 0 fully saturated rings. The van der Waals surface area contributed by atoms with E-state index in [0.29, 0.717) is 17.9 Å². The second kappa shape index (κ2) is 7.87. The van der Waals surface area contributed by atoms with Crippen molar-refractivity contribution in [3.05, 3.63) is 102 Å². The smallest absolute Gasteiger partial charge is 0.203 e. The van der Waals surface area contributed by atoms with Crippen molar-refractivity contribution >= 4 is 28.0 Å². The first-order valence-electron chi connectivity index (χ1n) is 10.8. The van der Waals surface area contributed by atoms with Crippen LogP contribution in [0.15, 0.2) is 84.9 Å². The van der Waals surface area contributed by atoms with Gasteiger partial charge in [0, 0.05) is 12.3 Å². The number of aromatic amines is 2. The number of nitrogens with one attached hydrogen (secondary N) is 2. The van der Waals surface area contributed by atoms with Crippen molar-refractivity contribution in [1.82, 2.24) is 30.4 Å². The van der Waals surface area contributed by atoms with Gasteiger partial charge >= 0.3 is 0 Å². The maximum absolute atomic E-state index is 6.11. The fourth-order valence-electron chi connectivity index (χ4n) is 4.40. The van der Waals surface area contributed by atoms with Crippen molar-refractivity contribution in [2.45, 2.75) is 12.3 Å². The minimum Gasteiger partial charge on any atom is -0.384 e.